The Hall–Kier alpha value is -1.17. The van der Waals surface area contributed by atoms with Crippen LogP contribution in [0.25, 0.3) is 0 Å². The van der Waals surface area contributed by atoms with Gasteiger partial charge in [0.05, 0.1) is 6.20 Å². The first-order valence-electron chi connectivity index (χ1n) is 3.62. The van der Waals surface area contributed by atoms with Gasteiger partial charge in [-0.3, -0.25) is 0 Å². The molecule has 1 rings (SSSR count). The van der Waals surface area contributed by atoms with Crippen molar-refractivity contribution >= 4 is 23.7 Å². The summed E-state index contributed by atoms with van der Waals surface area (Å²) in [5.74, 6) is -0.440. The highest BCUT2D eigenvalue weighted by molar-refractivity contribution is 7.98. The van der Waals surface area contributed by atoms with Crippen molar-refractivity contribution in [3.8, 4) is 0 Å². The molecule has 0 aliphatic carbocycles. The molecule has 1 unspecified atom stereocenters. The van der Waals surface area contributed by atoms with Crippen molar-refractivity contribution in [3.63, 3.8) is 0 Å². The van der Waals surface area contributed by atoms with E-state index in [0.29, 0.717) is 5.75 Å². The quantitative estimate of drug-likeness (QED) is 0.739. The summed E-state index contributed by atoms with van der Waals surface area (Å²) in [7, 11) is 0. The molecule has 0 spiro atoms. The van der Waals surface area contributed by atoms with Gasteiger partial charge in [0.2, 0.25) is 0 Å². The van der Waals surface area contributed by atoms with Gasteiger partial charge in [-0.25, -0.2) is 9.78 Å². The van der Waals surface area contributed by atoms with Crippen molar-refractivity contribution in [2.45, 2.75) is 6.04 Å². The second-order valence-electron chi connectivity index (χ2n) is 2.33. The molecule has 0 amide bonds. The van der Waals surface area contributed by atoms with Crippen LogP contribution in [0.3, 0.4) is 0 Å². The molecular formula is C7H10N2O3S. The summed E-state index contributed by atoms with van der Waals surface area (Å²) in [4.78, 5) is 14.4. The van der Waals surface area contributed by atoms with E-state index in [9.17, 15) is 4.79 Å². The van der Waals surface area contributed by atoms with Gasteiger partial charge >= 0.3 is 5.97 Å². The minimum atomic E-state index is -0.910. The fraction of sp³-hybridized carbons (Fsp3) is 0.429. The van der Waals surface area contributed by atoms with E-state index in [1.54, 1.807) is 0 Å². The topological polar surface area (TPSA) is 75.4 Å². The predicted octanol–water partition coefficient (Wildman–Crippen LogP) is 0.903. The molecule has 0 aliphatic rings. The van der Waals surface area contributed by atoms with Crippen LogP contribution in [0, 0.1) is 0 Å². The number of carboxylic acids is 1. The number of hydrogen-bond acceptors (Lipinski definition) is 5. The lowest BCUT2D eigenvalue weighted by Gasteiger charge is -2.10. The van der Waals surface area contributed by atoms with Crippen LogP contribution < -0.4 is 5.32 Å². The summed E-state index contributed by atoms with van der Waals surface area (Å²) in [6.45, 7) is 0. The van der Waals surface area contributed by atoms with E-state index in [2.05, 4.69) is 10.3 Å². The number of nitrogens with zero attached hydrogens (tertiary/aromatic N) is 1. The lowest BCUT2D eigenvalue weighted by molar-refractivity contribution is -0.137. The van der Waals surface area contributed by atoms with E-state index >= 15 is 0 Å². The van der Waals surface area contributed by atoms with E-state index in [1.807, 2.05) is 6.26 Å². The summed E-state index contributed by atoms with van der Waals surface area (Å²) in [5.41, 5.74) is 0. The highest BCUT2D eigenvalue weighted by atomic mass is 32.2. The van der Waals surface area contributed by atoms with Crippen LogP contribution in [-0.2, 0) is 4.79 Å². The van der Waals surface area contributed by atoms with Gasteiger partial charge in [0, 0.05) is 5.75 Å². The number of aromatic nitrogens is 1. The molecule has 13 heavy (non-hydrogen) atoms. The lowest BCUT2D eigenvalue weighted by Crippen LogP contribution is -2.31. The predicted molar refractivity (Wildman–Crippen MR) is 49.9 cm³/mol. The summed E-state index contributed by atoms with van der Waals surface area (Å²) in [6.07, 6.45) is 4.69. The zero-order valence-corrected chi connectivity index (χ0v) is 7.87. The van der Waals surface area contributed by atoms with Crippen molar-refractivity contribution in [1.82, 2.24) is 4.98 Å². The number of carbonyl (C=O) groups is 1. The highest BCUT2D eigenvalue weighted by Gasteiger charge is 2.17. The first-order chi connectivity index (χ1) is 6.24. The molecule has 1 aromatic heterocycles. The molecule has 0 aromatic carbocycles. The Morgan fingerprint density at radius 1 is 1.92 bits per heavy atom. The maximum Gasteiger partial charge on any atom is 0.327 e. The van der Waals surface area contributed by atoms with Crippen LogP contribution in [0.1, 0.15) is 0 Å². The number of nitrogens with one attached hydrogen (secondary N) is 1. The van der Waals surface area contributed by atoms with E-state index in [0.717, 1.165) is 0 Å². The van der Waals surface area contributed by atoms with E-state index in [4.69, 9.17) is 9.52 Å². The number of hydrogen-bond donors (Lipinski definition) is 2. The standard InChI is InChI=1S/C7H10N2O3S/c1-13-4-5(6(10)11)9-7-8-2-3-12-7/h2-3,5H,4H2,1H3,(H,8,9)(H,10,11). The van der Waals surface area contributed by atoms with Gasteiger partial charge in [-0.2, -0.15) is 11.8 Å². The highest BCUT2D eigenvalue weighted by Crippen LogP contribution is 2.07. The lowest BCUT2D eigenvalue weighted by atomic mass is 10.3. The Balaban J connectivity index is 2.52. The Morgan fingerprint density at radius 3 is 3.15 bits per heavy atom. The molecular weight excluding hydrogens is 192 g/mol. The fourth-order valence-electron chi connectivity index (χ4n) is 0.785. The third-order valence-electron chi connectivity index (χ3n) is 1.36. The van der Waals surface area contributed by atoms with Crippen molar-refractivity contribution in [3.05, 3.63) is 12.5 Å². The van der Waals surface area contributed by atoms with Crippen molar-refractivity contribution in [2.24, 2.45) is 0 Å². The van der Waals surface area contributed by atoms with Crippen molar-refractivity contribution in [2.75, 3.05) is 17.3 Å². The Labute approximate surface area is 79.5 Å². The second-order valence-corrected chi connectivity index (χ2v) is 3.24. The number of carboxylic acid groups (broad SMARTS) is 1. The van der Waals surface area contributed by atoms with Crippen LogP contribution in [0.15, 0.2) is 16.9 Å². The molecule has 0 saturated heterocycles. The number of thioether (sulfide) groups is 1. The van der Waals surface area contributed by atoms with Gasteiger partial charge in [0.1, 0.15) is 12.3 Å². The van der Waals surface area contributed by atoms with Gasteiger partial charge in [0.25, 0.3) is 6.01 Å². The van der Waals surface area contributed by atoms with Gasteiger partial charge in [0.15, 0.2) is 0 Å². The number of oxazole rings is 1. The number of aliphatic carboxylic acids is 1. The van der Waals surface area contributed by atoms with Crippen molar-refractivity contribution in [1.29, 1.82) is 0 Å². The van der Waals surface area contributed by atoms with Crippen LogP contribution >= 0.6 is 11.8 Å². The first-order valence-corrected chi connectivity index (χ1v) is 5.01. The SMILES string of the molecule is CSCC(Nc1ncco1)C(=O)O. The first kappa shape index (κ1) is 9.91. The third-order valence-corrected chi connectivity index (χ3v) is 2.03. The number of anilines is 1. The Morgan fingerprint density at radius 2 is 2.69 bits per heavy atom. The zero-order valence-electron chi connectivity index (χ0n) is 7.06. The van der Waals surface area contributed by atoms with Gasteiger partial charge in [-0.1, -0.05) is 0 Å². The van der Waals surface area contributed by atoms with Gasteiger partial charge in [-0.15, -0.1) is 0 Å². The molecule has 0 bridgehead atoms. The molecule has 1 aromatic rings. The smallest absolute Gasteiger partial charge is 0.327 e. The summed E-state index contributed by atoms with van der Waals surface area (Å²) < 4.78 is 4.87. The molecule has 0 aliphatic heterocycles. The van der Waals surface area contributed by atoms with Crippen molar-refractivity contribution < 1.29 is 14.3 Å². The number of rotatable bonds is 5. The molecule has 0 radical (unpaired) electrons. The molecule has 0 saturated carbocycles. The zero-order chi connectivity index (χ0) is 9.68. The molecule has 72 valence electrons. The maximum absolute atomic E-state index is 10.7. The van der Waals surface area contributed by atoms with Crippen LogP contribution in [0.4, 0.5) is 6.01 Å². The third kappa shape index (κ3) is 2.98. The average Bonchev–Trinajstić information content (AvgIpc) is 2.56. The monoisotopic (exact) mass is 202 g/mol. The minimum absolute atomic E-state index is 0.237. The molecule has 5 nitrogen and oxygen atoms in total. The van der Waals surface area contributed by atoms with Crippen LogP contribution in [-0.4, -0.2) is 34.1 Å². The minimum Gasteiger partial charge on any atom is -0.480 e. The molecule has 1 heterocycles. The second kappa shape index (κ2) is 4.76. The largest absolute Gasteiger partial charge is 0.480 e. The molecule has 1 atom stereocenters. The summed E-state index contributed by atoms with van der Waals surface area (Å²) >= 11 is 1.45. The Kier molecular flexibility index (Phi) is 3.63. The van der Waals surface area contributed by atoms with E-state index in [-0.39, 0.29) is 6.01 Å². The van der Waals surface area contributed by atoms with Gasteiger partial charge < -0.3 is 14.8 Å². The van der Waals surface area contributed by atoms with Crippen LogP contribution in [0.2, 0.25) is 0 Å². The van der Waals surface area contributed by atoms with E-state index < -0.39 is 12.0 Å². The van der Waals surface area contributed by atoms with Crippen LogP contribution in [0.5, 0.6) is 0 Å². The summed E-state index contributed by atoms with van der Waals surface area (Å²) in [5, 5.41) is 11.4. The van der Waals surface area contributed by atoms with Gasteiger partial charge in [-0.05, 0) is 6.26 Å². The maximum atomic E-state index is 10.7. The average molecular weight is 202 g/mol. The molecule has 2 N–H and O–H groups in total. The fourth-order valence-corrected chi connectivity index (χ4v) is 1.34. The normalized spacial score (nSPS) is 12.4. The summed E-state index contributed by atoms with van der Waals surface area (Å²) in [6, 6.07) is -0.421. The molecule has 0 fully saturated rings. The Bertz CT molecular complexity index is 263. The van der Waals surface area contributed by atoms with E-state index in [1.165, 1.54) is 24.2 Å². The molecule has 6 heteroatoms.